The number of thiophene rings is 1. The zero-order valence-electron chi connectivity index (χ0n) is 11.4. The fourth-order valence-corrected chi connectivity index (χ4v) is 4.48. The van der Waals surface area contributed by atoms with Crippen LogP contribution in [0.4, 0.5) is 5.00 Å². The largest absolute Gasteiger partial charge is 0.465 e. The van der Waals surface area contributed by atoms with Crippen LogP contribution in [0.15, 0.2) is 0 Å². The van der Waals surface area contributed by atoms with Crippen LogP contribution in [-0.4, -0.2) is 33.3 Å². The predicted octanol–water partition coefficient (Wildman–Crippen LogP) is 0.570. The normalized spacial score (nSPS) is 14.1. The van der Waals surface area contributed by atoms with E-state index in [2.05, 4.69) is 14.8 Å². The molecule has 0 saturated carbocycles. The maximum Gasteiger partial charge on any atom is 0.323 e. The molecule has 0 amide bonds. The zero-order valence-corrected chi connectivity index (χ0v) is 13.1. The summed E-state index contributed by atoms with van der Waals surface area (Å²) in [5.74, 6) is -1.57. The Hall–Kier alpha value is -1.63. The van der Waals surface area contributed by atoms with Crippen molar-refractivity contribution < 1.29 is 17.9 Å². The molecule has 0 aromatic carbocycles. The van der Waals surface area contributed by atoms with Crippen molar-refractivity contribution in [1.29, 1.82) is 5.26 Å². The molecule has 0 atom stereocenters. The average Bonchev–Trinajstić information content (AvgIpc) is 2.74. The van der Waals surface area contributed by atoms with Gasteiger partial charge in [0.1, 0.15) is 11.1 Å². The summed E-state index contributed by atoms with van der Waals surface area (Å²) in [6.07, 6.45) is 0.689. The molecule has 21 heavy (non-hydrogen) atoms. The van der Waals surface area contributed by atoms with Gasteiger partial charge in [-0.1, -0.05) is 0 Å². The first kappa shape index (κ1) is 15.8. The number of rotatable bonds is 5. The quantitative estimate of drug-likeness (QED) is 0.765. The Labute approximate surface area is 127 Å². The molecule has 7 nitrogen and oxygen atoms in total. The second kappa shape index (κ2) is 6.43. The van der Waals surface area contributed by atoms with Gasteiger partial charge in [0.15, 0.2) is 5.75 Å². The molecule has 0 unspecified atom stereocenters. The monoisotopic (exact) mass is 329 g/mol. The minimum absolute atomic E-state index is 0.122. The van der Waals surface area contributed by atoms with Crippen LogP contribution < -0.4 is 10.0 Å². The molecule has 1 aromatic rings. The molecule has 0 bridgehead atoms. The number of hydrogen-bond donors (Lipinski definition) is 2. The first-order valence-electron chi connectivity index (χ1n) is 6.38. The van der Waals surface area contributed by atoms with Gasteiger partial charge in [-0.3, -0.25) is 9.52 Å². The van der Waals surface area contributed by atoms with E-state index in [-0.39, 0.29) is 11.6 Å². The second-order valence-electron chi connectivity index (χ2n) is 4.41. The van der Waals surface area contributed by atoms with E-state index >= 15 is 0 Å². The summed E-state index contributed by atoms with van der Waals surface area (Å²) in [5.41, 5.74) is 1.24. The van der Waals surface area contributed by atoms with E-state index in [1.54, 1.807) is 6.92 Å². The summed E-state index contributed by atoms with van der Waals surface area (Å²) in [6.45, 7) is 3.10. The topological polar surface area (TPSA) is 108 Å². The van der Waals surface area contributed by atoms with Crippen LogP contribution in [0.25, 0.3) is 0 Å². The number of carbonyl (C=O) groups excluding carboxylic acids is 1. The number of esters is 1. The van der Waals surface area contributed by atoms with Gasteiger partial charge in [0, 0.05) is 11.4 Å². The van der Waals surface area contributed by atoms with Crippen LogP contribution in [0, 0.1) is 11.3 Å². The molecule has 1 aliphatic heterocycles. The Morgan fingerprint density at radius 1 is 1.57 bits per heavy atom. The van der Waals surface area contributed by atoms with Crippen molar-refractivity contribution in [2.45, 2.75) is 19.9 Å². The van der Waals surface area contributed by atoms with E-state index in [1.807, 2.05) is 6.07 Å². The van der Waals surface area contributed by atoms with Crippen molar-refractivity contribution in [2.24, 2.45) is 0 Å². The first-order chi connectivity index (χ1) is 9.96. The molecular weight excluding hydrogens is 314 g/mol. The summed E-state index contributed by atoms with van der Waals surface area (Å²) in [5, 5.41) is 12.7. The van der Waals surface area contributed by atoms with Crippen molar-refractivity contribution in [3.05, 3.63) is 16.0 Å². The van der Waals surface area contributed by atoms with Crippen LogP contribution in [0.1, 0.15) is 22.9 Å². The number of nitrogens with one attached hydrogen (secondary N) is 2. The fraction of sp³-hybridized carbons (Fsp3) is 0.500. The lowest BCUT2D eigenvalue weighted by Gasteiger charge is -2.11. The minimum atomic E-state index is -3.87. The maximum absolute atomic E-state index is 11.9. The lowest BCUT2D eigenvalue weighted by atomic mass is 10.1. The third-order valence-electron chi connectivity index (χ3n) is 2.90. The van der Waals surface area contributed by atoms with Crippen LogP contribution in [0.5, 0.6) is 0 Å². The molecule has 2 rings (SSSR count). The van der Waals surface area contributed by atoms with E-state index in [0.717, 1.165) is 17.0 Å². The van der Waals surface area contributed by atoms with Crippen LogP contribution in [0.2, 0.25) is 0 Å². The molecule has 0 fully saturated rings. The highest BCUT2D eigenvalue weighted by Crippen LogP contribution is 2.35. The summed E-state index contributed by atoms with van der Waals surface area (Å²) in [7, 11) is -3.87. The number of sulfonamides is 1. The highest BCUT2D eigenvalue weighted by atomic mass is 32.2. The van der Waals surface area contributed by atoms with E-state index in [0.29, 0.717) is 18.5 Å². The fourth-order valence-electron chi connectivity index (χ4n) is 2.06. The predicted molar refractivity (Wildman–Crippen MR) is 78.5 cm³/mol. The SMILES string of the molecule is CCOC(=O)CS(=O)(=O)Nc1sc2c(c1C#N)CCNC2. The highest BCUT2D eigenvalue weighted by Gasteiger charge is 2.25. The summed E-state index contributed by atoms with van der Waals surface area (Å²) in [6, 6.07) is 2.04. The molecular formula is C12H15N3O4S2. The average molecular weight is 329 g/mol. The first-order valence-corrected chi connectivity index (χ1v) is 8.85. The molecule has 0 saturated heterocycles. The van der Waals surface area contributed by atoms with Gasteiger partial charge in [-0.2, -0.15) is 5.26 Å². The van der Waals surface area contributed by atoms with Gasteiger partial charge >= 0.3 is 5.97 Å². The van der Waals surface area contributed by atoms with Crippen molar-refractivity contribution in [2.75, 3.05) is 23.6 Å². The lowest BCUT2D eigenvalue weighted by molar-refractivity contribution is -0.139. The van der Waals surface area contributed by atoms with Crippen molar-refractivity contribution in [3.8, 4) is 6.07 Å². The van der Waals surface area contributed by atoms with Gasteiger partial charge in [0.25, 0.3) is 0 Å². The Morgan fingerprint density at radius 3 is 3.00 bits per heavy atom. The van der Waals surface area contributed by atoms with E-state index in [1.165, 1.54) is 11.3 Å². The highest BCUT2D eigenvalue weighted by molar-refractivity contribution is 7.93. The summed E-state index contributed by atoms with van der Waals surface area (Å²) in [4.78, 5) is 12.2. The number of carbonyl (C=O) groups is 1. The maximum atomic E-state index is 11.9. The lowest BCUT2D eigenvalue weighted by Crippen LogP contribution is -2.24. The molecule has 2 N–H and O–H groups in total. The third kappa shape index (κ3) is 3.72. The molecule has 0 radical (unpaired) electrons. The van der Waals surface area contributed by atoms with E-state index in [9.17, 15) is 18.5 Å². The molecule has 0 spiro atoms. The molecule has 1 aliphatic rings. The van der Waals surface area contributed by atoms with Crippen LogP contribution in [0.3, 0.4) is 0 Å². The van der Waals surface area contributed by atoms with Gasteiger partial charge in [-0.05, 0) is 25.5 Å². The van der Waals surface area contributed by atoms with Crippen molar-refractivity contribution in [3.63, 3.8) is 0 Å². The molecule has 1 aromatic heterocycles. The molecule has 0 aliphatic carbocycles. The van der Waals surface area contributed by atoms with Gasteiger partial charge in [-0.25, -0.2) is 8.42 Å². The van der Waals surface area contributed by atoms with Crippen LogP contribution >= 0.6 is 11.3 Å². The number of hydrogen-bond acceptors (Lipinski definition) is 7. The molecule has 2 heterocycles. The van der Waals surface area contributed by atoms with Gasteiger partial charge < -0.3 is 10.1 Å². The summed E-state index contributed by atoms with van der Waals surface area (Å²) < 4.78 is 30.8. The van der Waals surface area contributed by atoms with Crippen molar-refractivity contribution in [1.82, 2.24) is 5.32 Å². The Bertz CT molecular complexity index is 688. The minimum Gasteiger partial charge on any atom is -0.465 e. The van der Waals surface area contributed by atoms with E-state index in [4.69, 9.17) is 0 Å². The number of nitrogens with zero attached hydrogens (tertiary/aromatic N) is 1. The van der Waals surface area contributed by atoms with E-state index < -0.39 is 21.7 Å². The standard InChI is InChI=1S/C12H15N3O4S2/c1-2-19-11(16)7-21(17,18)15-12-9(5-13)8-3-4-14-6-10(8)20-12/h14-15H,2-4,6-7H2,1H3. The number of fused-ring (bicyclic) bond motifs is 1. The molecule has 9 heteroatoms. The number of anilines is 1. The molecule has 114 valence electrons. The van der Waals surface area contributed by atoms with Crippen molar-refractivity contribution >= 4 is 32.3 Å². The van der Waals surface area contributed by atoms with Crippen LogP contribution in [-0.2, 0) is 32.5 Å². The van der Waals surface area contributed by atoms with Gasteiger partial charge in [0.05, 0.1) is 12.2 Å². The second-order valence-corrected chi connectivity index (χ2v) is 7.24. The zero-order chi connectivity index (χ0) is 15.5. The smallest absolute Gasteiger partial charge is 0.323 e. The summed E-state index contributed by atoms with van der Waals surface area (Å²) >= 11 is 1.23. The number of nitriles is 1. The Morgan fingerprint density at radius 2 is 2.33 bits per heavy atom. The van der Waals surface area contributed by atoms with Gasteiger partial charge in [0.2, 0.25) is 10.0 Å². The number of ether oxygens (including phenoxy) is 1. The van der Waals surface area contributed by atoms with Gasteiger partial charge in [-0.15, -0.1) is 11.3 Å². The third-order valence-corrected chi connectivity index (χ3v) is 5.31. The Kier molecular flexibility index (Phi) is 4.82. The Balaban J connectivity index is 2.21.